The maximum atomic E-state index is 13.7. The quantitative estimate of drug-likeness (QED) is 0.686. The number of hydrogen-bond donors (Lipinski definition) is 3. The van der Waals surface area contributed by atoms with Crippen molar-refractivity contribution in [3.63, 3.8) is 0 Å². The Kier molecular flexibility index (Phi) is 5.92. The van der Waals surface area contributed by atoms with Crippen LogP contribution in [0.25, 0.3) is 0 Å². The summed E-state index contributed by atoms with van der Waals surface area (Å²) in [7, 11) is 0. The molecule has 116 valence electrons. The molecule has 0 spiro atoms. The minimum Gasteiger partial charge on any atom is -0.390 e. The zero-order valence-corrected chi connectivity index (χ0v) is 11.7. The van der Waals surface area contributed by atoms with E-state index >= 15 is 0 Å². The second-order valence-corrected chi connectivity index (χ2v) is 4.69. The van der Waals surface area contributed by atoms with Gasteiger partial charge in [0.05, 0.1) is 11.7 Å². The molecule has 0 aromatic heterocycles. The molecule has 2 unspecified atom stereocenters. The predicted molar refractivity (Wildman–Crippen MR) is 70.6 cm³/mol. The van der Waals surface area contributed by atoms with Gasteiger partial charge in [-0.2, -0.15) is 0 Å². The number of carbonyl (C=O) groups excluding carboxylic acids is 2. The molecule has 0 saturated heterocycles. The number of hydrogen-bond acceptors (Lipinski definition) is 4. The second-order valence-electron chi connectivity index (χ2n) is 4.69. The van der Waals surface area contributed by atoms with Gasteiger partial charge in [-0.1, -0.05) is 0 Å². The molecule has 0 bridgehead atoms. The molecule has 0 saturated carbocycles. The number of benzene rings is 1. The Morgan fingerprint density at radius 2 is 1.81 bits per heavy atom. The summed E-state index contributed by atoms with van der Waals surface area (Å²) in [6, 6.07) is 1.38. The summed E-state index contributed by atoms with van der Waals surface area (Å²) in [5, 5.41) is 22.1. The van der Waals surface area contributed by atoms with Crippen molar-refractivity contribution in [1.82, 2.24) is 5.32 Å². The van der Waals surface area contributed by atoms with Crippen LogP contribution in [0.3, 0.4) is 0 Å². The van der Waals surface area contributed by atoms with Crippen LogP contribution in [0.4, 0.5) is 8.78 Å². The Morgan fingerprint density at radius 1 is 1.19 bits per heavy atom. The van der Waals surface area contributed by atoms with Crippen molar-refractivity contribution in [2.45, 2.75) is 32.5 Å². The molecule has 0 aliphatic rings. The summed E-state index contributed by atoms with van der Waals surface area (Å²) < 4.78 is 27.0. The molecule has 5 nitrogen and oxygen atoms in total. The van der Waals surface area contributed by atoms with E-state index in [0.717, 1.165) is 13.0 Å². The van der Waals surface area contributed by atoms with Gasteiger partial charge in [0, 0.05) is 25.1 Å². The van der Waals surface area contributed by atoms with Gasteiger partial charge in [-0.3, -0.25) is 9.59 Å². The van der Waals surface area contributed by atoms with Crippen molar-refractivity contribution in [3.05, 3.63) is 34.9 Å². The van der Waals surface area contributed by atoms with Crippen molar-refractivity contribution in [1.29, 1.82) is 0 Å². The molecular formula is C14H17F2NO4. The number of amides is 1. The van der Waals surface area contributed by atoms with E-state index in [0.29, 0.717) is 6.07 Å². The van der Waals surface area contributed by atoms with Crippen molar-refractivity contribution < 1.29 is 28.6 Å². The molecule has 7 heteroatoms. The van der Waals surface area contributed by atoms with Crippen LogP contribution < -0.4 is 5.32 Å². The number of carbonyl (C=O) groups is 2. The predicted octanol–water partition coefficient (Wildman–Crippen LogP) is 1.09. The molecule has 0 fully saturated rings. The summed E-state index contributed by atoms with van der Waals surface area (Å²) in [5.41, 5.74) is -0.726. The Labute approximate surface area is 120 Å². The lowest BCUT2D eigenvalue weighted by molar-refractivity contribution is -0.119. The largest absolute Gasteiger partial charge is 0.390 e. The highest BCUT2D eigenvalue weighted by molar-refractivity contribution is 5.94. The molecule has 1 aromatic carbocycles. The Morgan fingerprint density at radius 3 is 2.33 bits per heavy atom. The summed E-state index contributed by atoms with van der Waals surface area (Å²) in [4.78, 5) is 21.9. The van der Waals surface area contributed by atoms with Crippen LogP contribution in [0.5, 0.6) is 0 Å². The summed E-state index contributed by atoms with van der Waals surface area (Å²) >= 11 is 0. The number of nitrogens with one attached hydrogen (secondary N) is 1. The standard InChI is InChI=1S/C14H17F2NO4/c1-7(18)9-5-10(12(16)6-11(9)15)14(21)13(20)3-4-17-8(2)19/h5-6,13-14,20-21H,3-4H2,1-2H3,(H,17,19). The molecule has 3 N–H and O–H groups in total. The highest BCUT2D eigenvalue weighted by Crippen LogP contribution is 2.25. The van der Waals surface area contributed by atoms with Gasteiger partial charge in [-0.15, -0.1) is 0 Å². The lowest BCUT2D eigenvalue weighted by Gasteiger charge is -2.19. The average Bonchev–Trinajstić information content (AvgIpc) is 2.37. The number of aliphatic hydroxyl groups is 2. The highest BCUT2D eigenvalue weighted by atomic mass is 19.1. The van der Waals surface area contributed by atoms with E-state index in [1.165, 1.54) is 6.92 Å². The minimum absolute atomic E-state index is 0.0209. The van der Waals surface area contributed by atoms with Crippen LogP contribution in [-0.4, -0.2) is 34.6 Å². The summed E-state index contributed by atoms with van der Waals surface area (Å²) in [5.74, 6) is -3.00. The first-order chi connectivity index (χ1) is 9.73. The molecule has 0 aliphatic carbocycles. The highest BCUT2D eigenvalue weighted by Gasteiger charge is 2.24. The van der Waals surface area contributed by atoms with Crippen molar-refractivity contribution >= 4 is 11.7 Å². The third-order valence-electron chi connectivity index (χ3n) is 2.96. The number of Topliss-reactive ketones (excluding diaryl/α,β-unsaturated/α-hetero) is 1. The summed E-state index contributed by atoms with van der Waals surface area (Å²) in [6.45, 7) is 2.50. The van der Waals surface area contributed by atoms with Crippen molar-refractivity contribution in [2.24, 2.45) is 0 Å². The molecule has 0 radical (unpaired) electrons. The molecule has 1 aromatic rings. The molecular weight excluding hydrogens is 284 g/mol. The smallest absolute Gasteiger partial charge is 0.216 e. The summed E-state index contributed by atoms with van der Waals surface area (Å²) in [6.07, 6.45) is -3.01. The van der Waals surface area contributed by atoms with Crippen LogP contribution in [0, 0.1) is 11.6 Å². The van der Waals surface area contributed by atoms with Crippen LogP contribution >= 0.6 is 0 Å². The normalized spacial score (nSPS) is 13.6. The fourth-order valence-electron chi connectivity index (χ4n) is 1.82. The SMILES string of the molecule is CC(=O)NCCC(O)C(O)c1cc(C(C)=O)c(F)cc1F. The lowest BCUT2D eigenvalue weighted by Crippen LogP contribution is -2.28. The third kappa shape index (κ3) is 4.57. The van der Waals surface area contributed by atoms with Gasteiger partial charge in [0.1, 0.15) is 17.7 Å². The van der Waals surface area contributed by atoms with E-state index in [2.05, 4.69) is 5.32 Å². The van der Waals surface area contributed by atoms with E-state index in [1.54, 1.807) is 0 Å². The van der Waals surface area contributed by atoms with Gasteiger partial charge < -0.3 is 15.5 Å². The number of ketones is 1. The van der Waals surface area contributed by atoms with Crippen LogP contribution in [-0.2, 0) is 4.79 Å². The zero-order valence-electron chi connectivity index (χ0n) is 11.7. The van der Waals surface area contributed by atoms with Crippen LogP contribution in [0.15, 0.2) is 12.1 Å². The van der Waals surface area contributed by atoms with Crippen molar-refractivity contribution in [3.8, 4) is 0 Å². The van der Waals surface area contributed by atoms with Gasteiger partial charge >= 0.3 is 0 Å². The molecule has 0 heterocycles. The first-order valence-electron chi connectivity index (χ1n) is 6.34. The minimum atomic E-state index is -1.63. The number of rotatable bonds is 6. The molecule has 1 rings (SSSR count). The molecule has 1 amide bonds. The maximum absolute atomic E-state index is 13.7. The van der Waals surface area contributed by atoms with E-state index in [9.17, 15) is 28.6 Å². The molecule has 2 atom stereocenters. The zero-order chi connectivity index (χ0) is 16.2. The van der Waals surface area contributed by atoms with Crippen LogP contribution in [0.1, 0.15) is 42.3 Å². The van der Waals surface area contributed by atoms with E-state index < -0.39 is 29.6 Å². The Balaban J connectivity index is 2.90. The fourth-order valence-corrected chi connectivity index (χ4v) is 1.82. The van der Waals surface area contributed by atoms with E-state index in [4.69, 9.17) is 0 Å². The van der Waals surface area contributed by atoms with Gasteiger partial charge in [-0.25, -0.2) is 8.78 Å². The third-order valence-corrected chi connectivity index (χ3v) is 2.96. The monoisotopic (exact) mass is 301 g/mol. The number of halogens is 2. The average molecular weight is 301 g/mol. The Bertz CT molecular complexity index is 548. The van der Waals surface area contributed by atoms with E-state index in [1.807, 2.05) is 0 Å². The van der Waals surface area contributed by atoms with E-state index in [-0.39, 0.29) is 30.0 Å². The van der Waals surface area contributed by atoms with Gasteiger partial charge in [0.2, 0.25) is 5.91 Å². The van der Waals surface area contributed by atoms with Gasteiger partial charge in [0.15, 0.2) is 5.78 Å². The van der Waals surface area contributed by atoms with Crippen molar-refractivity contribution in [2.75, 3.05) is 6.54 Å². The topological polar surface area (TPSA) is 86.6 Å². The number of aliphatic hydroxyl groups excluding tert-OH is 2. The Hall–Kier alpha value is -1.86. The first-order valence-corrected chi connectivity index (χ1v) is 6.34. The van der Waals surface area contributed by atoms with Crippen LogP contribution in [0.2, 0.25) is 0 Å². The van der Waals surface area contributed by atoms with Gasteiger partial charge in [-0.05, 0) is 19.4 Å². The molecule has 21 heavy (non-hydrogen) atoms. The molecule has 0 aliphatic heterocycles. The fraction of sp³-hybridized carbons (Fsp3) is 0.429. The van der Waals surface area contributed by atoms with Gasteiger partial charge in [0.25, 0.3) is 0 Å². The first kappa shape index (κ1) is 17.2. The second kappa shape index (κ2) is 7.24. The lowest BCUT2D eigenvalue weighted by atomic mass is 9.98. The maximum Gasteiger partial charge on any atom is 0.216 e.